The van der Waals surface area contributed by atoms with Crippen molar-refractivity contribution in [2.75, 3.05) is 13.2 Å². The highest BCUT2D eigenvalue weighted by atomic mass is 16.7. The average molecular weight is 556 g/mol. The van der Waals surface area contributed by atoms with Crippen LogP contribution in [0.4, 0.5) is 0 Å². The first-order chi connectivity index (χ1) is 17.8. The van der Waals surface area contributed by atoms with Gasteiger partial charge in [0.25, 0.3) is 0 Å². The van der Waals surface area contributed by atoms with Gasteiger partial charge < -0.3 is 82.9 Å². The van der Waals surface area contributed by atoms with Gasteiger partial charge in [0.1, 0.15) is 61.0 Å². The van der Waals surface area contributed by atoms with Crippen molar-refractivity contribution in [1.82, 2.24) is 5.32 Å². The number of carbonyl (C=O) groups excluding carboxylic acids is 1. The lowest BCUT2D eigenvalue weighted by molar-refractivity contribution is -0.332. The SMILES string of the molecule is C[C@H](N)C(=O)N[C@@H]1C[C@H](N)[C@@H](O[C@H]2O[C@H](CN)[C@@H](O)[C@H](O)[C@H]2O)[C@H](O)[C@H]1O[C@H]1O[C@H](CO)[C@@H](O)[C@H](N)[C@H]1O. The van der Waals surface area contributed by atoms with E-state index in [4.69, 9.17) is 41.9 Å². The van der Waals surface area contributed by atoms with Crippen LogP contribution in [0.1, 0.15) is 13.3 Å². The highest BCUT2D eigenvalue weighted by molar-refractivity contribution is 5.81. The molecule has 1 amide bonds. The van der Waals surface area contributed by atoms with Crippen molar-refractivity contribution in [3.8, 4) is 0 Å². The van der Waals surface area contributed by atoms with Crippen molar-refractivity contribution >= 4 is 5.91 Å². The molecule has 0 unspecified atom stereocenters. The second-order valence-electron chi connectivity index (χ2n) is 10.0. The maximum Gasteiger partial charge on any atom is 0.236 e. The van der Waals surface area contributed by atoms with Crippen molar-refractivity contribution in [2.24, 2.45) is 22.9 Å². The Balaban J connectivity index is 1.84. The summed E-state index contributed by atoms with van der Waals surface area (Å²) in [4.78, 5) is 12.4. The predicted molar refractivity (Wildman–Crippen MR) is 125 cm³/mol. The van der Waals surface area contributed by atoms with Crippen molar-refractivity contribution in [3.63, 3.8) is 0 Å². The predicted octanol–water partition coefficient (Wildman–Crippen LogP) is -7.79. The molecule has 0 aromatic rings. The minimum absolute atomic E-state index is 0.0555. The molecule has 3 rings (SSSR count). The number of rotatable bonds is 8. The van der Waals surface area contributed by atoms with Crippen LogP contribution >= 0.6 is 0 Å². The second-order valence-corrected chi connectivity index (χ2v) is 10.0. The van der Waals surface area contributed by atoms with Gasteiger partial charge in [-0.1, -0.05) is 0 Å². The van der Waals surface area contributed by atoms with Crippen LogP contribution in [0.15, 0.2) is 0 Å². The molecule has 0 bridgehead atoms. The first kappa shape index (κ1) is 31.4. The van der Waals surface area contributed by atoms with E-state index in [0.717, 1.165) is 0 Å². The number of ether oxygens (including phenoxy) is 4. The Labute approximate surface area is 218 Å². The first-order valence-electron chi connectivity index (χ1n) is 12.4. The summed E-state index contributed by atoms with van der Waals surface area (Å²) >= 11 is 0. The van der Waals surface area contributed by atoms with E-state index in [9.17, 15) is 40.5 Å². The standard InChI is InChI=1S/C21H41N5O12/c1-5(23)19(34)26-7-2-6(24)17(37-21-15(32)14(31)12(29)8(3-22)35-21)16(33)18(7)38-20-13(30)10(25)11(28)9(4-27)36-20/h5-18,20-21,27-33H,2-4,22-25H2,1H3,(H,26,34)/t5-,6-,7+,8+,9+,10-,11+,12+,13+,14-,15+,16-,17+,18-,20+,21+/m0/s1. The molecule has 3 fully saturated rings. The van der Waals surface area contributed by atoms with Gasteiger partial charge in [-0.15, -0.1) is 0 Å². The van der Waals surface area contributed by atoms with E-state index in [-0.39, 0.29) is 13.0 Å². The van der Waals surface area contributed by atoms with Gasteiger partial charge in [-0.2, -0.15) is 0 Å². The number of aliphatic hydroxyl groups excluding tert-OH is 7. The molecule has 1 aliphatic carbocycles. The fraction of sp³-hybridized carbons (Fsp3) is 0.952. The molecular weight excluding hydrogens is 514 g/mol. The summed E-state index contributed by atoms with van der Waals surface area (Å²) in [7, 11) is 0. The zero-order valence-electron chi connectivity index (χ0n) is 20.8. The summed E-state index contributed by atoms with van der Waals surface area (Å²) < 4.78 is 22.5. The largest absolute Gasteiger partial charge is 0.394 e. The van der Waals surface area contributed by atoms with Gasteiger partial charge >= 0.3 is 0 Å². The Morgan fingerprint density at radius 1 is 0.895 bits per heavy atom. The minimum Gasteiger partial charge on any atom is -0.394 e. The molecule has 0 spiro atoms. The third-order valence-corrected chi connectivity index (χ3v) is 7.18. The summed E-state index contributed by atoms with van der Waals surface area (Å²) in [5, 5.41) is 74.7. The first-order valence-corrected chi connectivity index (χ1v) is 12.4. The van der Waals surface area contributed by atoms with E-state index < -0.39 is 110 Å². The van der Waals surface area contributed by atoms with Crippen LogP contribution < -0.4 is 28.3 Å². The fourth-order valence-corrected chi connectivity index (χ4v) is 4.81. The van der Waals surface area contributed by atoms with Crippen LogP contribution in [-0.4, -0.2) is 153 Å². The quantitative estimate of drug-likeness (QED) is 0.132. The van der Waals surface area contributed by atoms with Crippen molar-refractivity contribution < 1.29 is 59.5 Å². The Hall–Kier alpha value is -1.13. The number of aliphatic hydroxyl groups is 7. The lowest BCUT2D eigenvalue weighted by Gasteiger charge is -2.49. The van der Waals surface area contributed by atoms with Gasteiger partial charge in [-0.3, -0.25) is 4.79 Å². The van der Waals surface area contributed by atoms with Crippen LogP contribution in [0.5, 0.6) is 0 Å². The molecule has 16 N–H and O–H groups in total. The molecule has 2 saturated heterocycles. The summed E-state index contributed by atoms with van der Waals surface area (Å²) in [6.45, 7) is 0.575. The number of hydrogen-bond acceptors (Lipinski definition) is 16. The van der Waals surface area contributed by atoms with Gasteiger partial charge in [0, 0.05) is 12.6 Å². The lowest BCUT2D eigenvalue weighted by atomic mass is 9.83. The van der Waals surface area contributed by atoms with E-state index in [0.29, 0.717) is 0 Å². The van der Waals surface area contributed by atoms with Crippen molar-refractivity contribution in [1.29, 1.82) is 0 Å². The molecule has 16 atom stereocenters. The lowest BCUT2D eigenvalue weighted by Crippen LogP contribution is -2.69. The van der Waals surface area contributed by atoms with Crippen LogP contribution in [0.2, 0.25) is 0 Å². The molecule has 2 aliphatic heterocycles. The van der Waals surface area contributed by atoms with E-state index in [1.807, 2.05) is 0 Å². The molecular formula is C21H41N5O12. The normalized spacial score (nSPS) is 48.9. The minimum atomic E-state index is -1.73. The number of nitrogens with one attached hydrogen (secondary N) is 1. The van der Waals surface area contributed by atoms with Crippen molar-refractivity contribution in [3.05, 3.63) is 0 Å². The van der Waals surface area contributed by atoms with Gasteiger partial charge in [0.15, 0.2) is 12.6 Å². The molecule has 222 valence electrons. The monoisotopic (exact) mass is 555 g/mol. The maximum atomic E-state index is 12.4. The Bertz CT molecular complexity index is 781. The third-order valence-electron chi connectivity index (χ3n) is 7.18. The van der Waals surface area contributed by atoms with Crippen LogP contribution in [0, 0.1) is 0 Å². The summed E-state index contributed by atoms with van der Waals surface area (Å²) in [6.07, 6.45) is -17.7. The molecule has 0 aromatic heterocycles. The summed E-state index contributed by atoms with van der Waals surface area (Å²) in [6, 6.07) is -4.16. The number of amides is 1. The highest BCUT2D eigenvalue weighted by Crippen LogP contribution is 2.32. The molecule has 0 radical (unpaired) electrons. The third kappa shape index (κ3) is 6.43. The van der Waals surface area contributed by atoms with Gasteiger partial charge in [0.2, 0.25) is 5.91 Å². The number of hydrogen-bond donors (Lipinski definition) is 12. The smallest absolute Gasteiger partial charge is 0.236 e. The fourth-order valence-electron chi connectivity index (χ4n) is 4.81. The zero-order chi connectivity index (χ0) is 28.5. The number of nitrogens with two attached hydrogens (primary N) is 4. The maximum absolute atomic E-state index is 12.4. The van der Waals surface area contributed by atoms with Crippen LogP contribution in [0.3, 0.4) is 0 Å². The zero-order valence-corrected chi connectivity index (χ0v) is 20.8. The van der Waals surface area contributed by atoms with Crippen LogP contribution in [0.25, 0.3) is 0 Å². The van der Waals surface area contributed by atoms with Gasteiger partial charge in [0.05, 0.1) is 24.7 Å². The molecule has 38 heavy (non-hydrogen) atoms. The van der Waals surface area contributed by atoms with E-state index in [2.05, 4.69) is 5.32 Å². The topological polar surface area (TPSA) is 312 Å². The average Bonchev–Trinajstić information content (AvgIpc) is 2.88. The molecule has 2 heterocycles. The van der Waals surface area contributed by atoms with Gasteiger partial charge in [-0.05, 0) is 13.3 Å². The Morgan fingerprint density at radius 2 is 1.47 bits per heavy atom. The van der Waals surface area contributed by atoms with E-state index >= 15 is 0 Å². The molecule has 1 saturated carbocycles. The highest BCUT2D eigenvalue weighted by Gasteiger charge is 2.52. The number of carbonyl (C=O) groups is 1. The molecule has 17 heteroatoms. The molecule has 17 nitrogen and oxygen atoms in total. The van der Waals surface area contributed by atoms with E-state index in [1.54, 1.807) is 0 Å². The van der Waals surface area contributed by atoms with Gasteiger partial charge in [-0.25, -0.2) is 0 Å². The molecule has 0 aromatic carbocycles. The van der Waals surface area contributed by atoms with Crippen LogP contribution in [-0.2, 0) is 23.7 Å². The van der Waals surface area contributed by atoms with Crippen molar-refractivity contribution in [2.45, 2.75) is 111 Å². The summed E-state index contributed by atoms with van der Waals surface area (Å²) in [5.74, 6) is -0.596. The Morgan fingerprint density at radius 3 is 2.05 bits per heavy atom. The summed E-state index contributed by atoms with van der Waals surface area (Å²) in [5.41, 5.74) is 23.3. The second kappa shape index (κ2) is 13.0. The Kier molecular flexibility index (Phi) is 10.8. The molecule has 3 aliphatic rings. The van der Waals surface area contributed by atoms with E-state index in [1.165, 1.54) is 6.92 Å².